The summed E-state index contributed by atoms with van der Waals surface area (Å²) < 4.78 is 0. The summed E-state index contributed by atoms with van der Waals surface area (Å²) in [7, 11) is 0. The van der Waals surface area contributed by atoms with Gasteiger partial charge >= 0.3 is 0 Å². The maximum atomic E-state index is 6.03. The summed E-state index contributed by atoms with van der Waals surface area (Å²) in [6.07, 6.45) is 3.48. The fraction of sp³-hybridized carbons (Fsp3) is 0.600. The lowest BCUT2D eigenvalue weighted by molar-refractivity contribution is 0.452. The molecule has 0 aliphatic carbocycles. The van der Waals surface area contributed by atoms with Crippen molar-refractivity contribution >= 4 is 0 Å². The first kappa shape index (κ1) is 13.2. The molecule has 0 bridgehead atoms. The van der Waals surface area contributed by atoms with Crippen LogP contribution in [-0.4, -0.2) is 6.04 Å². The molecule has 0 saturated heterocycles. The second-order valence-corrected chi connectivity index (χ2v) is 5.22. The van der Waals surface area contributed by atoms with Gasteiger partial charge < -0.3 is 5.73 Å². The highest BCUT2D eigenvalue weighted by atomic mass is 14.6. The molecule has 1 nitrogen and oxygen atoms in total. The Morgan fingerprint density at radius 1 is 1.12 bits per heavy atom. The quantitative estimate of drug-likeness (QED) is 0.804. The second-order valence-electron chi connectivity index (χ2n) is 5.22. The van der Waals surface area contributed by atoms with Crippen LogP contribution in [0.2, 0.25) is 0 Å². The van der Waals surface area contributed by atoms with E-state index in [2.05, 4.69) is 45.9 Å². The topological polar surface area (TPSA) is 26.0 Å². The van der Waals surface area contributed by atoms with Crippen LogP contribution in [0.4, 0.5) is 0 Å². The van der Waals surface area contributed by atoms with Crippen molar-refractivity contribution in [1.29, 1.82) is 0 Å². The van der Waals surface area contributed by atoms with E-state index in [9.17, 15) is 0 Å². The fourth-order valence-corrected chi connectivity index (χ4v) is 1.83. The van der Waals surface area contributed by atoms with E-state index in [-0.39, 0.29) is 0 Å². The molecule has 0 saturated carbocycles. The van der Waals surface area contributed by atoms with E-state index >= 15 is 0 Å². The molecule has 1 unspecified atom stereocenters. The molecule has 0 spiro atoms. The number of aryl methyl sites for hydroxylation is 3. The summed E-state index contributed by atoms with van der Waals surface area (Å²) in [5.41, 5.74) is 10.2. The molecule has 1 atom stereocenters. The fourth-order valence-electron chi connectivity index (χ4n) is 1.83. The van der Waals surface area contributed by atoms with E-state index in [0.29, 0.717) is 12.0 Å². The standard InChI is InChI=1S/C15H25N/c1-11(2)15(16)7-5-6-14-9-8-12(3)13(4)10-14/h8-11,15H,5-7,16H2,1-4H3. The molecule has 0 radical (unpaired) electrons. The highest BCUT2D eigenvalue weighted by Crippen LogP contribution is 2.14. The van der Waals surface area contributed by atoms with Crippen LogP contribution in [0.15, 0.2) is 18.2 Å². The molecular formula is C15H25N. The third-order valence-corrected chi connectivity index (χ3v) is 3.43. The molecule has 1 heteroatoms. The van der Waals surface area contributed by atoms with Gasteiger partial charge in [0.2, 0.25) is 0 Å². The van der Waals surface area contributed by atoms with E-state index in [1.54, 1.807) is 0 Å². The lowest BCUT2D eigenvalue weighted by atomic mass is 9.96. The minimum absolute atomic E-state index is 0.353. The molecule has 1 rings (SSSR count). The molecular weight excluding hydrogens is 194 g/mol. The maximum Gasteiger partial charge on any atom is 0.00620 e. The van der Waals surface area contributed by atoms with Gasteiger partial charge in [-0.15, -0.1) is 0 Å². The average Bonchev–Trinajstić information content (AvgIpc) is 2.23. The molecule has 0 aliphatic heterocycles. The van der Waals surface area contributed by atoms with Crippen LogP contribution in [0.3, 0.4) is 0 Å². The van der Waals surface area contributed by atoms with Crippen molar-refractivity contribution in [2.75, 3.05) is 0 Å². The normalized spacial score (nSPS) is 13.1. The van der Waals surface area contributed by atoms with E-state index in [1.807, 2.05) is 0 Å². The SMILES string of the molecule is Cc1ccc(CCCC(N)C(C)C)cc1C. The zero-order valence-corrected chi connectivity index (χ0v) is 11.1. The smallest absolute Gasteiger partial charge is 0.00620 e. The van der Waals surface area contributed by atoms with E-state index < -0.39 is 0 Å². The van der Waals surface area contributed by atoms with Gasteiger partial charge in [-0.3, -0.25) is 0 Å². The van der Waals surface area contributed by atoms with Gasteiger partial charge in [0.05, 0.1) is 0 Å². The van der Waals surface area contributed by atoms with Gasteiger partial charge in [0.15, 0.2) is 0 Å². The maximum absolute atomic E-state index is 6.03. The Kier molecular flexibility index (Phi) is 5.01. The molecule has 0 heterocycles. The largest absolute Gasteiger partial charge is 0.327 e. The molecule has 1 aromatic carbocycles. The Hall–Kier alpha value is -0.820. The molecule has 0 aromatic heterocycles. The summed E-state index contributed by atoms with van der Waals surface area (Å²) in [4.78, 5) is 0. The molecule has 0 fully saturated rings. The highest BCUT2D eigenvalue weighted by Gasteiger charge is 2.06. The number of rotatable bonds is 5. The van der Waals surface area contributed by atoms with Crippen LogP contribution in [0, 0.1) is 19.8 Å². The van der Waals surface area contributed by atoms with E-state index in [1.165, 1.54) is 23.1 Å². The van der Waals surface area contributed by atoms with Crippen LogP contribution in [0.1, 0.15) is 43.4 Å². The Labute approximate surface area is 100 Å². The number of benzene rings is 1. The summed E-state index contributed by atoms with van der Waals surface area (Å²) >= 11 is 0. The highest BCUT2D eigenvalue weighted by molar-refractivity contribution is 5.29. The summed E-state index contributed by atoms with van der Waals surface area (Å²) in [5, 5.41) is 0. The van der Waals surface area contributed by atoms with Gasteiger partial charge in [-0.25, -0.2) is 0 Å². The zero-order valence-electron chi connectivity index (χ0n) is 11.1. The van der Waals surface area contributed by atoms with Crippen molar-refractivity contribution in [3.63, 3.8) is 0 Å². The summed E-state index contributed by atoms with van der Waals surface area (Å²) in [6.45, 7) is 8.73. The third kappa shape index (κ3) is 3.97. The van der Waals surface area contributed by atoms with Crippen LogP contribution in [0.25, 0.3) is 0 Å². The molecule has 1 aromatic rings. The number of hydrogen-bond acceptors (Lipinski definition) is 1. The van der Waals surface area contributed by atoms with Gasteiger partial charge in [-0.1, -0.05) is 32.0 Å². The van der Waals surface area contributed by atoms with Crippen LogP contribution >= 0.6 is 0 Å². The molecule has 16 heavy (non-hydrogen) atoms. The number of hydrogen-bond donors (Lipinski definition) is 1. The molecule has 0 aliphatic rings. The second kappa shape index (κ2) is 6.05. The first-order valence-electron chi connectivity index (χ1n) is 6.32. The first-order chi connectivity index (χ1) is 7.50. The monoisotopic (exact) mass is 219 g/mol. The van der Waals surface area contributed by atoms with Crippen molar-refractivity contribution in [3.8, 4) is 0 Å². The average molecular weight is 219 g/mol. The summed E-state index contributed by atoms with van der Waals surface area (Å²) in [5.74, 6) is 0.597. The lowest BCUT2D eigenvalue weighted by Crippen LogP contribution is -2.26. The lowest BCUT2D eigenvalue weighted by Gasteiger charge is -2.15. The predicted octanol–water partition coefficient (Wildman–Crippen LogP) is 3.61. The molecule has 90 valence electrons. The Balaban J connectivity index is 2.40. The Morgan fingerprint density at radius 2 is 1.81 bits per heavy atom. The van der Waals surface area contributed by atoms with Gasteiger partial charge in [0, 0.05) is 6.04 Å². The van der Waals surface area contributed by atoms with Gasteiger partial charge in [0.1, 0.15) is 0 Å². The number of nitrogens with two attached hydrogens (primary N) is 1. The minimum Gasteiger partial charge on any atom is -0.327 e. The van der Waals surface area contributed by atoms with Crippen molar-refractivity contribution in [3.05, 3.63) is 34.9 Å². The zero-order chi connectivity index (χ0) is 12.1. The summed E-state index contributed by atoms with van der Waals surface area (Å²) in [6, 6.07) is 7.11. The van der Waals surface area contributed by atoms with Gasteiger partial charge in [-0.05, 0) is 55.7 Å². The Morgan fingerprint density at radius 3 is 2.38 bits per heavy atom. The van der Waals surface area contributed by atoms with Crippen LogP contribution in [0.5, 0.6) is 0 Å². The van der Waals surface area contributed by atoms with Gasteiger partial charge in [-0.2, -0.15) is 0 Å². The van der Waals surface area contributed by atoms with Crippen molar-refractivity contribution in [1.82, 2.24) is 0 Å². The minimum atomic E-state index is 0.353. The molecule has 2 N–H and O–H groups in total. The van der Waals surface area contributed by atoms with Crippen molar-refractivity contribution < 1.29 is 0 Å². The Bertz CT molecular complexity index is 328. The van der Waals surface area contributed by atoms with E-state index in [0.717, 1.165) is 12.8 Å². The van der Waals surface area contributed by atoms with E-state index in [4.69, 9.17) is 5.73 Å². The third-order valence-electron chi connectivity index (χ3n) is 3.43. The van der Waals surface area contributed by atoms with Crippen molar-refractivity contribution in [2.24, 2.45) is 11.7 Å². The first-order valence-corrected chi connectivity index (χ1v) is 6.32. The van der Waals surface area contributed by atoms with Crippen molar-refractivity contribution in [2.45, 2.75) is 53.0 Å². The molecule has 0 amide bonds. The van der Waals surface area contributed by atoms with Crippen LogP contribution < -0.4 is 5.73 Å². The predicted molar refractivity (Wildman–Crippen MR) is 71.7 cm³/mol. The van der Waals surface area contributed by atoms with Crippen LogP contribution in [-0.2, 0) is 6.42 Å². The van der Waals surface area contributed by atoms with Gasteiger partial charge in [0.25, 0.3) is 0 Å².